The van der Waals surface area contributed by atoms with Gasteiger partial charge in [-0.25, -0.2) is 0 Å². The molecule has 2 unspecified atom stereocenters. The molecule has 96 valence electrons. The molecule has 0 aliphatic heterocycles. The highest BCUT2D eigenvalue weighted by atomic mass is 16.5. The Morgan fingerprint density at radius 2 is 2.00 bits per heavy atom. The number of nitrogens with two attached hydrogens (primary N) is 1. The molecule has 0 spiro atoms. The first-order valence-corrected chi connectivity index (χ1v) is 6.85. The molecule has 2 N–H and O–H groups in total. The van der Waals surface area contributed by atoms with Crippen molar-refractivity contribution in [1.82, 2.24) is 4.90 Å². The summed E-state index contributed by atoms with van der Waals surface area (Å²) in [4.78, 5) is 2.56. The zero-order valence-electron chi connectivity index (χ0n) is 11.0. The van der Waals surface area contributed by atoms with Gasteiger partial charge in [-0.1, -0.05) is 19.8 Å². The zero-order valence-corrected chi connectivity index (χ0v) is 11.0. The number of ether oxygens (including phenoxy) is 1. The number of nitrogens with zero attached hydrogens (tertiary/aromatic N) is 1. The molecule has 3 heteroatoms. The molecule has 0 heterocycles. The second-order valence-corrected chi connectivity index (χ2v) is 4.67. The summed E-state index contributed by atoms with van der Waals surface area (Å²) in [6.45, 7) is 9.00. The van der Waals surface area contributed by atoms with Crippen molar-refractivity contribution in [2.75, 3.05) is 32.8 Å². The Bertz CT molecular complexity index is 175. The van der Waals surface area contributed by atoms with Crippen LogP contribution >= 0.6 is 0 Å². The van der Waals surface area contributed by atoms with E-state index in [9.17, 15) is 0 Å². The second kappa shape index (κ2) is 8.04. The van der Waals surface area contributed by atoms with Crippen LogP contribution in [-0.2, 0) is 4.74 Å². The van der Waals surface area contributed by atoms with Crippen LogP contribution in [0.5, 0.6) is 0 Å². The van der Waals surface area contributed by atoms with Crippen molar-refractivity contribution in [3.05, 3.63) is 0 Å². The summed E-state index contributed by atoms with van der Waals surface area (Å²) in [6, 6.07) is 0.698. The lowest BCUT2D eigenvalue weighted by Crippen LogP contribution is -2.46. The summed E-state index contributed by atoms with van der Waals surface area (Å²) in [6.07, 6.45) is 5.36. The van der Waals surface area contributed by atoms with Crippen LogP contribution in [0, 0.1) is 5.92 Å². The lowest BCUT2D eigenvalue weighted by Gasteiger charge is -2.39. The number of hydrogen-bond donors (Lipinski definition) is 1. The van der Waals surface area contributed by atoms with Crippen LogP contribution in [0.25, 0.3) is 0 Å². The highest BCUT2D eigenvalue weighted by Gasteiger charge is 2.27. The summed E-state index contributed by atoms with van der Waals surface area (Å²) in [5.41, 5.74) is 5.88. The third-order valence-corrected chi connectivity index (χ3v) is 3.77. The number of hydrogen-bond acceptors (Lipinski definition) is 3. The minimum Gasteiger partial charge on any atom is -0.380 e. The average Bonchev–Trinajstić information content (AvgIpc) is 2.35. The van der Waals surface area contributed by atoms with Crippen LogP contribution in [0.4, 0.5) is 0 Å². The normalized spacial score (nSPS) is 26.2. The van der Waals surface area contributed by atoms with Gasteiger partial charge in [-0.15, -0.1) is 0 Å². The second-order valence-electron chi connectivity index (χ2n) is 4.67. The van der Waals surface area contributed by atoms with Crippen molar-refractivity contribution >= 4 is 0 Å². The van der Waals surface area contributed by atoms with Gasteiger partial charge in [-0.2, -0.15) is 0 Å². The summed E-state index contributed by atoms with van der Waals surface area (Å²) >= 11 is 0. The fourth-order valence-electron chi connectivity index (χ4n) is 2.83. The van der Waals surface area contributed by atoms with Gasteiger partial charge in [0.25, 0.3) is 0 Å². The fourth-order valence-corrected chi connectivity index (χ4v) is 2.83. The maximum atomic E-state index is 5.88. The molecular formula is C13H28N2O. The molecule has 0 aromatic rings. The van der Waals surface area contributed by atoms with Gasteiger partial charge in [0, 0.05) is 19.2 Å². The highest BCUT2D eigenvalue weighted by molar-refractivity contribution is 4.83. The van der Waals surface area contributed by atoms with E-state index in [4.69, 9.17) is 10.5 Å². The molecule has 3 nitrogen and oxygen atoms in total. The van der Waals surface area contributed by atoms with Crippen LogP contribution in [0.3, 0.4) is 0 Å². The van der Waals surface area contributed by atoms with E-state index < -0.39 is 0 Å². The van der Waals surface area contributed by atoms with Gasteiger partial charge < -0.3 is 10.5 Å². The Balaban J connectivity index is 2.41. The van der Waals surface area contributed by atoms with Crippen molar-refractivity contribution in [3.63, 3.8) is 0 Å². The van der Waals surface area contributed by atoms with Gasteiger partial charge >= 0.3 is 0 Å². The average molecular weight is 228 g/mol. The minimum atomic E-state index is 0.698. The molecule has 0 aromatic heterocycles. The van der Waals surface area contributed by atoms with E-state index >= 15 is 0 Å². The van der Waals surface area contributed by atoms with Crippen molar-refractivity contribution in [2.45, 2.75) is 45.6 Å². The molecule has 1 saturated carbocycles. The van der Waals surface area contributed by atoms with Crippen LogP contribution < -0.4 is 5.73 Å². The molecule has 1 fully saturated rings. The lowest BCUT2D eigenvalue weighted by atomic mass is 9.83. The lowest BCUT2D eigenvalue weighted by molar-refractivity contribution is 0.0642. The van der Waals surface area contributed by atoms with Crippen molar-refractivity contribution in [3.8, 4) is 0 Å². The van der Waals surface area contributed by atoms with Crippen LogP contribution in [-0.4, -0.2) is 43.8 Å². The summed E-state index contributed by atoms with van der Waals surface area (Å²) in [7, 11) is 0. The molecule has 0 saturated heterocycles. The molecule has 1 aliphatic rings. The van der Waals surface area contributed by atoms with Gasteiger partial charge in [0.15, 0.2) is 0 Å². The third-order valence-electron chi connectivity index (χ3n) is 3.77. The molecule has 2 atom stereocenters. The van der Waals surface area contributed by atoms with E-state index in [2.05, 4.69) is 18.7 Å². The molecule has 16 heavy (non-hydrogen) atoms. The van der Waals surface area contributed by atoms with Crippen molar-refractivity contribution < 1.29 is 4.74 Å². The molecule has 0 radical (unpaired) electrons. The van der Waals surface area contributed by atoms with Crippen molar-refractivity contribution in [2.24, 2.45) is 11.7 Å². The summed E-state index contributed by atoms with van der Waals surface area (Å²) < 4.78 is 5.45. The zero-order chi connectivity index (χ0) is 11.8. The molecule has 0 amide bonds. The molecule has 1 rings (SSSR count). The Kier molecular flexibility index (Phi) is 7.01. The molecular weight excluding hydrogens is 200 g/mol. The standard InChI is InChI=1S/C13H28N2O/c1-3-15(9-10-16-4-2)13-8-6-5-7-12(13)11-14/h12-13H,3-11,14H2,1-2H3. The van der Waals surface area contributed by atoms with Crippen LogP contribution in [0.1, 0.15) is 39.5 Å². The first-order chi connectivity index (χ1) is 7.83. The SMILES string of the molecule is CCOCCN(CC)C1CCCCC1CN. The van der Waals surface area contributed by atoms with Gasteiger partial charge in [-0.3, -0.25) is 4.90 Å². The predicted octanol–water partition coefficient (Wildman–Crippen LogP) is 1.86. The smallest absolute Gasteiger partial charge is 0.0593 e. The monoisotopic (exact) mass is 228 g/mol. The maximum absolute atomic E-state index is 5.88. The quantitative estimate of drug-likeness (QED) is 0.676. The van der Waals surface area contributed by atoms with Gasteiger partial charge in [0.05, 0.1) is 6.61 Å². The minimum absolute atomic E-state index is 0.698. The van der Waals surface area contributed by atoms with E-state index in [0.29, 0.717) is 12.0 Å². The van der Waals surface area contributed by atoms with E-state index in [1.807, 2.05) is 0 Å². The van der Waals surface area contributed by atoms with Crippen LogP contribution in [0.15, 0.2) is 0 Å². The summed E-state index contributed by atoms with van der Waals surface area (Å²) in [5, 5.41) is 0. The number of likely N-dealkylation sites (N-methyl/N-ethyl adjacent to an activating group) is 1. The Morgan fingerprint density at radius 1 is 1.25 bits per heavy atom. The Hall–Kier alpha value is -0.120. The summed E-state index contributed by atoms with van der Waals surface area (Å²) in [5.74, 6) is 0.704. The maximum Gasteiger partial charge on any atom is 0.0593 e. The van der Waals surface area contributed by atoms with E-state index in [0.717, 1.165) is 32.8 Å². The Morgan fingerprint density at radius 3 is 2.62 bits per heavy atom. The third kappa shape index (κ3) is 4.04. The van der Waals surface area contributed by atoms with Crippen molar-refractivity contribution in [1.29, 1.82) is 0 Å². The van der Waals surface area contributed by atoms with E-state index in [-0.39, 0.29) is 0 Å². The first kappa shape index (κ1) is 13.9. The Labute approximate surface area is 100 Å². The molecule has 1 aliphatic carbocycles. The molecule has 0 aromatic carbocycles. The van der Waals surface area contributed by atoms with E-state index in [1.165, 1.54) is 25.7 Å². The van der Waals surface area contributed by atoms with Gasteiger partial charge in [0.1, 0.15) is 0 Å². The first-order valence-electron chi connectivity index (χ1n) is 6.85. The highest BCUT2D eigenvalue weighted by Crippen LogP contribution is 2.27. The van der Waals surface area contributed by atoms with Gasteiger partial charge in [0.2, 0.25) is 0 Å². The van der Waals surface area contributed by atoms with Gasteiger partial charge in [-0.05, 0) is 38.8 Å². The molecule has 0 bridgehead atoms. The fraction of sp³-hybridized carbons (Fsp3) is 1.00. The topological polar surface area (TPSA) is 38.5 Å². The van der Waals surface area contributed by atoms with Crippen LogP contribution in [0.2, 0.25) is 0 Å². The largest absolute Gasteiger partial charge is 0.380 e. The van der Waals surface area contributed by atoms with E-state index in [1.54, 1.807) is 0 Å². The number of rotatable bonds is 7. The predicted molar refractivity (Wildman–Crippen MR) is 68.5 cm³/mol.